The maximum absolute atomic E-state index is 12.5. The van der Waals surface area contributed by atoms with Crippen molar-refractivity contribution in [3.05, 3.63) is 59.1 Å². The largest absolute Gasteiger partial charge is 0.366 e. The molecule has 3 aromatic heterocycles. The number of hydrogen-bond acceptors (Lipinski definition) is 7. The van der Waals surface area contributed by atoms with Gasteiger partial charge in [-0.05, 0) is 37.1 Å². The zero-order valence-electron chi connectivity index (χ0n) is 16.4. The third-order valence-corrected chi connectivity index (χ3v) is 5.67. The van der Waals surface area contributed by atoms with Crippen molar-refractivity contribution in [3.8, 4) is 0 Å². The summed E-state index contributed by atoms with van der Waals surface area (Å²) in [7, 11) is 0. The predicted octanol–water partition coefficient (Wildman–Crippen LogP) is 3.29. The normalized spacial score (nSPS) is 19.1. The first-order valence-corrected chi connectivity index (χ1v) is 10.2. The minimum atomic E-state index is -0.290. The Hall–Kier alpha value is -3.52. The molecule has 1 aliphatic carbocycles. The number of hydrogen-bond donors (Lipinski definition) is 4. The average molecular weight is 401 g/mol. The lowest BCUT2D eigenvalue weighted by molar-refractivity contribution is 0.403. The molecule has 1 aromatic carbocycles. The standard InChI is InChI=1S/C22H23N7O/c23-16-5-1-2-6-17(16)27-19-10-14-12-25-29-22(30)20(14)21(28-19)26-15-8-7-13-4-3-9-24-18(13)11-15/h3-4,7-12,16-17H,1-2,5-6,23H2,(H,29,30)(H2,26,27,28)/t16-,17+/m0/s1. The lowest BCUT2D eigenvalue weighted by Crippen LogP contribution is -2.42. The molecule has 0 aliphatic heterocycles. The Morgan fingerprint density at radius 1 is 1.10 bits per heavy atom. The topological polar surface area (TPSA) is 122 Å². The van der Waals surface area contributed by atoms with E-state index in [1.165, 1.54) is 0 Å². The number of H-pyrrole nitrogens is 1. The summed E-state index contributed by atoms with van der Waals surface area (Å²) in [5.41, 5.74) is 7.68. The lowest BCUT2D eigenvalue weighted by Gasteiger charge is -2.30. The zero-order valence-corrected chi connectivity index (χ0v) is 16.4. The fourth-order valence-electron chi connectivity index (χ4n) is 4.10. The highest BCUT2D eigenvalue weighted by Gasteiger charge is 2.22. The number of anilines is 3. The van der Waals surface area contributed by atoms with Crippen molar-refractivity contribution in [2.45, 2.75) is 37.8 Å². The summed E-state index contributed by atoms with van der Waals surface area (Å²) in [5, 5.41) is 15.4. The monoisotopic (exact) mass is 401 g/mol. The van der Waals surface area contributed by atoms with Gasteiger partial charge in [0.15, 0.2) is 0 Å². The fourth-order valence-corrected chi connectivity index (χ4v) is 4.10. The maximum Gasteiger partial charge on any atom is 0.275 e. The third-order valence-electron chi connectivity index (χ3n) is 5.67. The first kappa shape index (κ1) is 18.5. The summed E-state index contributed by atoms with van der Waals surface area (Å²) < 4.78 is 0. The number of nitrogens with two attached hydrogens (primary N) is 1. The molecule has 0 unspecified atom stereocenters. The fraction of sp³-hybridized carbons (Fsp3) is 0.273. The maximum atomic E-state index is 12.5. The molecule has 4 aromatic rings. The molecule has 3 heterocycles. The molecule has 0 spiro atoms. The highest BCUT2D eigenvalue weighted by molar-refractivity contribution is 5.94. The molecule has 152 valence electrons. The zero-order chi connectivity index (χ0) is 20.5. The van der Waals surface area contributed by atoms with Gasteiger partial charge in [0.25, 0.3) is 5.56 Å². The van der Waals surface area contributed by atoms with Crippen LogP contribution in [0.2, 0.25) is 0 Å². The Kier molecular flexibility index (Phi) is 4.76. The van der Waals surface area contributed by atoms with Crippen molar-refractivity contribution < 1.29 is 0 Å². The van der Waals surface area contributed by atoms with E-state index in [1.807, 2.05) is 36.4 Å². The van der Waals surface area contributed by atoms with Gasteiger partial charge in [0, 0.05) is 34.7 Å². The molecule has 0 bridgehead atoms. The average Bonchev–Trinajstić information content (AvgIpc) is 2.75. The molecule has 8 heteroatoms. The molecule has 5 rings (SSSR count). The molecule has 1 aliphatic rings. The van der Waals surface area contributed by atoms with Crippen molar-refractivity contribution in [1.82, 2.24) is 20.2 Å². The second-order valence-electron chi connectivity index (χ2n) is 7.75. The second kappa shape index (κ2) is 7.72. The van der Waals surface area contributed by atoms with Crippen LogP contribution < -0.4 is 21.9 Å². The third kappa shape index (κ3) is 3.57. The number of nitrogens with one attached hydrogen (secondary N) is 3. The van der Waals surface area contributed by atoms with Crippen molar-refractivity contribution in [2.24, 2.45) is 5.73 Å². The molecular formula is C22H23N7O. The van der Waals surface area contributed by atoms with Gasteiger partial charge in [-0.1, -0.05) is 25.0 Å². The van der Waals surface area contributed by atoms with Gasteiger partial charge < -0.3 is 16.4 Å². The van der Waals surface area contributed by atoms with Crippen LogP contribution >= 0.6 is 0 Å². The van der Waals surface area contributed by atoms with E-state index < -0.39 is 0 Å². The van der Waals surface area contributed by atoms with Crippen LogP contribution in [0.25, 0.3) is 21.7 Å². The van der Waals surface area contributed by atoms with Crippen LogP contribution in [-0.2, 0) is 0 Å². The minimum absolute atomic E-state index is 0.0940. The molecule has 1 fully saturated rings. The highest BCUT2D eigenvalue weighted by atomic mass is 16.1. The Balaban J connectivity index is 1.55. The van der Waals surface area contributed by atoms with Crippen LogP contribution in [0.15, 0.2) is 53.6 Å². The number of benzene rings is 1. The summed E-state index contributed by atoms with van der Waals surface area (Å²) in [5.74, 6) is 1.15. The van der Waals surface area contributed by atoms with E-state index in [9.17, 15) is 4.79 Å². The van der Waals surface area contributed by atoms with E-state index in [0.717, 1.165) is 42.3 Å². The van der Waals surface area contributed by atoms with Crippen molar-refractivity contribution in [3.63, 3.8) is 0 Å². The van der Waals surface area contributed by atoms with E-state index in [4.69, 9.17) is 10.7 Å². The van der Waals surface area contributed by atoms with Gasteiger partial charge in [0.05, 0.1) is 17.1 Å². The van der Waals surface area contributed by atoms with Crippen LogP contribution in [0, 0.1) is 0 Å². The van der Waals surface area contributed by atoms with Gasteiger partial charge >= 0.3 is 0 Å². The van der Waals surface area contributed by atoms with E-state index >= 15 is 0 Å². The second-order valence-corrected chi connectivity index (χ2v) is 7.75. The Morgan fingerprint density at radius 2 is 2.00 bits per heavy atom. The van der Waals surface area contributed by atoms with Crippen LogP contribution in [-0.4, -0.2) is 32.2 Å². The van der Waals surface area contributed by atoms with Crippen LogP contribution in [0.3, 0.4) is 0 Å². The van der Waals surface area contributed by atoms with Crippen molar-refractivity contribution in [2.75, 3.05) is 10.6 Å². The van der Waals surface area contributed by atoms with Gasteiger partial charge in [0.1, 0.15) is 11.6 Å². The van der Waals surface area contributed by atoms with E-state index in [0.29, 0.717) is 22.4 Å². The first-order chi connectivity index (χ1) is 14.7. The van der Waals surface area contributed by atoms with Gasteiger partial charge in [0.2, 0.25) is 0 Å². The van der Waals surface area contributed by atoms with Gasteiger partial charge in [-0.15, -0.1) is 0 Å². The molecule has 0 saturated heterocycles. The summed E-state index contributed by atoms with van der Waals surface area (Å²) in [6.45, 7) is 0. The Morgan fingerprint density at radius 3 is 2.90 bits per heavy atom. The highest BCUT2D eigenvalue weighted by Crippen LogP contribution is 2.28. The van der Waals surface area contributed by atoms with Gasteiger partial charge in [-0.25, -0.2) is 10.1 Å². The van der Waals surface area contributed by atoms with Crippen molar-refractivity contribution >= 4 is 39.0 Å². The summed E-state index contributed by atoms with van der Waals surface area (Å²) in [6.07, 6.45) is 7.71. The summed E-state index contributed by atoms with van der Waals surface area (Å²) in [6, 6.07) is 11.9. The number of pyridine rings is 2. The summed E-state index contributed by atoms with van der Waals surface area (Å²) in [4.78, 5) is 21.6. The van der Waals surface area contributed by atoms with Gasteiger partial charge in [-0.2, -0.15) is 5.10 Å². The first-order valence-electron chi connectivity index (χ1n) is 10.2. The number of fused-ring (bicyclic) bond motifs is 2. The van der Waals surface area contributed by atoms with E-state index in [-0.39, 0.29) is 17.6 Å². The van der Waals surface area contributed by atoms with Crippen molar-refractivity contribution in [1.29, 1.82) is 0 Å². The van der Waals surface area contributed by atoms with Crippen LogP contribution in [0.4, 0.5) is 17.3 Å². The number of aromatic amines is 1. The van der Waals surface area contributed by atoms with E-state index in [1.54, 1.807) is 12.4 Å². The molecule has 0 radical (unpaired) electrons. The SMILES string of the molecule is N[C@H]1CCCC[C@H]1Nc1cc2cn[nH]c(=O)c2c(Nc2ccc3cccnc3c2)n1. The van der Waals surface area contributed by atoms with Crippen LogP contribution in [0.5, 0.6) is 0 Å². The molecule has 30 heavy (non-hydrogen) atoms. The minimum Gasteiger partial charge on any atom is -0.366 e. The number of rotatable bonds is 4. The molecule has 1 saturated carbocycles. The smallest absolute Gasteiger partial charge is 0.275 e. The van der Waals surface area contributed by atoms with E-state index in [2.05, 4.69) is 25.8 Å². The Labute approximate surface area is 172 Å². The molecule has 5 N–H and O–H groups in total. The molecular weight excluding hydrogens is 378 g/mol. The predicted molar refractivity (Wildman–Crippen MR) is 119 cm³/mol. The number of nitrogens with zero attached hydrogens (tertiary/aromatic N) is 3. The summed E-state index contributed by atoms with van der Waals surface area (Å²) >= 11 is 0. The number of aromatic nitrogens is 4. The van der Waals surface area contributed by atoms with Gasteiger partial charge in [-0.3, -0.25) is 9.78 Å². The Bertz CT molecular complexity index is 1270. The quantitative estimate of drug-likeness (QED) is 0.414. The molecule has 8 nitrogen and oxygen atoms in total. The van der Waals surface area contributed by atoms with Crippen LogP contribution in [0.1, 0.15) is 25.7 Å². The molecule has 0 amide bonds. The molecule has 2 atom stereocenters. The lowest BCUT2D eigenvalue weighted by atomic mass is 9.91.